The molecule has 1 saturated heterocycles. The van der Waals surface area contributed by atoms with Gasteiger partial charge in [0.05, 0.1) is 7.11 Å². The average Bonchev–Trinajstić information content (AvgIpc) is 3.01. The number of likely N-dealkylation sites (tertiary alicyclic amines) is 1. The summed E-state index contributed by atoms with van der Waals surface area (Å²) in [6.45, 7) is 7.18. The number of rotatable bonds is 8. The first-order valence-electron chi connectivity index (χ1n) is 7.93. The van der Waals surface area contributed by atoms with Gasteiger partial charge in [-0.3, -0.25) is 0 Å². The fourth-order valence-corrected chi connectivity index (χ4v) is 2.92. The molecule has 0 spiro atoms. The maximum absolute atomic E-state index is 5.21. The van der Waals surface area contributed by atoms with Crippen molar-refractivity contribution in [1.29, 1.82) is 0 Å². The lowest BCUT2D eigenvalue weighted by atomic mass is 10.0. The molecule has 0 saturated carbocycles. The molecule has 0 aliphatic carbocycles. The van der Waals surface area contributed by atoms with Gasteiger partial charge in [0, 0.05) is 6.04 Å². The third kappa shape index (κ3) is 4.50. The number of nitrogens with one attached hydrogen (secondary N) is 1. The fraction of sp³-hybridized carbons (Fsp3) is 0.647. The molecule has 0 bridgehead atoms. The summed E-state index contributed by atoms with van der Waals surface area (Å²) in [6, 6.07) is 8.88. The molecule has 3 heteroatoms. The molecule has 1 aromatic carbocycles. The molecule has 0 radical (unpaired) electrons. The molecule has 20 heavy (non-hydrogen) atoms. The van der Waals surface area contributed by atoms with Gasteiger partial charge >= 0.3 is 0 Å². The molecule has 1 unspecified atom stereocenters. The number of hydrogen-bond donors (Lipinski definition) is 1. The minimum absolute atomic E-state index is 0.458. The van der Waals surface area contributed by atoms with Gasteiger partial charge in [0.25, 0.3) is 0 Å². The van der Waals surface area contributed by atoms with Crippen molar-refractivity contribution in [2.75, 3.05) is 33.3 Å². The van der Waals surface area contributed by atoms with Crippen LogP contribution in [0.25, 0.3) is 0 Å². The van der Waals surface area contributed by atoms with E-state index in [1.54, 1.807) is 7.11 Å². The predicted octanol–water partition coefficient (Wildman–Crippen LogP) is 3.22. The van der Waals surface area contributed by atoms with Crippen LogP contribution in [0.15, 0.2) is 24.3 Å². The molecule has 1 N–H and O–H groups in total. The first-order chi connectivity index (χ1) is 9.83. The summed E-state index contributed by atoms with van der Waals surface area (Å²) in [5.41, 5.74) is 1.36. The van der Waals surface area contributed by atoms with Gasteiger partial charge in [-0.25, -0.2) is 0 Å². The predicted molar refractivity (Wildman–Crippen MR) is 84.3 cm³/mol. The highest BCUT2D eigenvalue weighted by atomic mass is 16.5. The van der Waals surface area contributed by atoms with Crippen LogP contribution in [0, 0.1) is 0 Å². The number of nitrogens with zero attached hydrogens (tertiary/aromatic N) is 1. The van der Waals surface area contributed by atoms with Gasteiger partial charge in [-0.15, -0.1) is 0 Å². The van der Waals surface area contributed by atoms with E-state index in [4.69, 9.17) is 4.74 Å². The number of ether oxygens (including phenoxy) is 1. The Morgan fingerprint density at radius 2 is 1.90 bits per heavy atom. The molecule has 1 fully saturated rings. The molecule has 0 amide bonds. The van der Waals surface area contributed by atoms with Crippen LogP contribution < -0.4 is 10.1 Å². The standard InChI is InChI=1S/C17H28N2O/c1-3-17(15-7-9-16(20-2)10-8-15)18-11-6-14-19-12-4-5-13-19/h7-10,17-18H,3-6,11-14H2,1-2H3. The van der Waals surface area contributed by atoms with E-state index < -0.39 is 0 Å². The fourth-order valence-electron chi connectivity index (χ4n) is 2.92. The molecule has 3 nitrogen and oxygen atoms in total. The SMILES string of the molecule is CCC(NCCCN1CCCC1)c1ccc(OC)cc1. The highest BCUT2D eigenvalue weighted by Crippen LogP contribution is 2.20. The van der Waals surface area contributed by atoms with Gasteiger partial charge in [0.1, 0.15) is 5.75 Å². The van der Waals surface area contributed by atoms with Crippen LogP contribution in [0.2, 0.25) is 0 Å². The first-order valence-corrected chi connectivity index (χ1v) is 7.93. The van der Waals surface area contributed by atoms with E-state index in [0.717, 1.165) is 18.7 Å². The van der Waals surface area contributed by atoms with Gasteiger partial charge in [0.2, 0.25) is 0 Å². The Morgan fingerprint density at radius 1 is 1.20 bits per heavy atom. The molecular weight excluding hydrogens is 248 g/mol. The molecular formula is C17H28N2O. The molecule has 1 aliphatic rings. The third-order valence-corrected chi connectivity index (χ3v) is 4.17. The number of methoxy groups -OCH3 is 1. The van der Waals surface area contributed by atoms with Crippen LogP contribution in [0.1, 0.15) is 44.2 Å². The van der Waals surface area contributed by atoms with Crippen LogP contribution >= 0.6 is 0 Å². The third-order valence-electron chi connectivity index (χ3n) is 4.17. The van der Waals surface area contributed by atoms with E-state index in [1.807, 2.05) is 12.1 Å². The molecule has 1 heterocycles. The van der Waals surface area contributed by atoms with Crippen molar-refractivity contribution >= 4 is 0 Å². The summed E-state index contributed by atoms with van der Waals surface area (Å²) in [4.78, 5) is 2.58. The number of hydrogen-bond acceptors (Lipinski definition) is 3. The second-order valence-electron chi connectivity index (χ2n) is 5.59. The maximum atomic E-state index is 5.21. The van der Waals surface area contributed by atoms with Gasteiger partial charge in [-0.2, -0.15) is 0 Å². The van der Waals surface area contributed by atoms with Crippen LogP contribution in [0.5, 0.6) is 5.75 Å². The Labute approximate surface area is 123 Å². The van der Waals surface area contributed by atoms with E-state index in [2.05, 4.69) is 29.3 Å². The topological polar surface area (TPSA) is 24.5 Å². The average molecular weight is 276 g/mol. The Bertz CT molecular complexity index is 371. The zero-order valence-electron chi connectivity index (χ0n) is 12.9. The van der Waals surface area contributed by atoms with Crippen molar-refractivity contribution in [3.8, 4) is 5.75 Å². The summed E-state index contributed by atoms with van der Waals surface area (Å²) in [6.07, 6.45) is 5.14. The molecule has 2 rings (SSSR count). The monoisotopic (exact) mass is 276 g/mol. The highest BCUT2D eigenvalue weighted by molar-refractivity contribution is 5.29. The summed E-state index contributed by atoms with van der Waals surface area (Å²) >= 11 is 0. The smallest absolute Gasteiger partial charge is 0.118 e. The molecule has 1 atom stereocenters. The first kappa shape index (κ1) is 15.3. The zero-order valence-corrected chi connectivity index (χ0v) is 12.9. The van der Waals surface area contributed by atoms with E-state index in [0.29, 0.717) is 6.04 Å². The molecule has 1 aliphatic heterocycles. The quantitative estimate of drug-likeness (QED) is 0.738. The Balaban J connectivity index is 1.73. The highest BCUT2D eigenvalue weighted by Gasteiger charge is 2.11. The minimum atomic E-state index is 0.458. The van der Waals surface area contributed by atoms with Crippen molar-refractivity contribution in [3.63, 3.8) is 0 Å². The largest absolute Gasteiger partial charge is 0.497 e. The van der Waals surface area contributed by atoms with Crippen LogP contribution in [-0.4, -0.2) is 38.2 Å². The van der Waals surface area contributed by atoms with E-state index in [-0.39, 0.29) is 0 Å². The Morgan fingerprint density at radius 3 is 2.50 bits per heavy atom. The van der Waals surface area contributed by atoms with Gasteiger partial charge < -0.3 is 15.0 Å². The van der Waals surface area contributed by atoms with Crippen LogP contribution in [-0.2, 0) is 0 Å². The van der Waals surface area contributed by atoms with Crippen LogP contribution in [0.3, 0.4) is 0 Å². The summed E-state index contributed by atoms with van der Waals surface area (Å²) in [5.74, 6) is 0.928. The van der Waals surface area contributed by atoms with Gasteiger partial charge in [-0.1, -0.05) is 19.1 Å². The van der Waals surface area contributed by atoms with Crippen molar-refractivity contribution < 1.29 is 4.74 Å². The normalized spacial score (nSPS) is 17.3. The van der Waals surface area contributed by atoms with E-state index >= 15 is 0 Å². The lowest BCUT2D eigenvalue weighted by Crippen LogP contribution is -2.27. The Kier molecular flexibility index (Phi) is 6.34. The van der Waals surface area contributed by atoms with Crippen molar-refractivity contribution in [2.45, 2.75) is 38.6 Å². The van der Waals surface area contributed by atoms with Crippen LogP contribution in [0.4, 0.5) is 0 Å². The van der Waals surface area contributed by atoms with Gasteiger partial charge in [0.15, 0.2) is 0 Å². The summed E-state index contributed by atoms with van der Waals surface area (Å²) < 4.78 is 5.21. The lowest BCUT2D eigenvalue weighted by molar-refractivity contribution is 0.327. The second kappa shape index (κ2) is 8.28. The maximum Gasteiger partial charge on any atom is 0.118 e. The van der Waals surface area contributed by atoms with Gasteiger partial charge in [-0.05, 0) is 69.6 Å². The van der Waals surface area contributed by atoms with Crippen molar-refractivity contribution in [2.24, 2.45) is 0 Å². The minimum Gasteiger partial charge on any atom is -0.497 e. The molecule has 112 valence electrons. The molecule has 1 aromatic rings. The Hall–Kier alpha value is -1.06. The molecule has 0 aromatic heterocycles. The second-order valence-corrected chi connectivity index (χ2v) is 5.59. The van der Waals surface area contributed by atoms with E-state index in [1.165, 1.54) is 44.5 Å². The van der Waals surface area contributed by atoms with Crippen molar-refractivity contribution in [3.05, 3.63) is 29.8 Å². The summed E-state index contributed by atoms with van der Waals surface area (Å²) in [7, 11) is 1.71. The number of benzene rings is 1. The van der Waals surface area contributed by atoms with Crippen molar-refractivity contribution in [1.82, 2.24) is 10.2 Å². The zero-order chi connectivity index (χ0) is 14.2. The lowest BCUT2D eigenvalue weighted by Gasteiger charge is -2.19. The summed E-state index contributed by atoms with van der Waals surface area (Å²) in [5, 5.41) is 3.68. The van der Waals surface area contributed by atoms with E-state index in [9.17, 15) is 0 Å².